The molecule has 7 heteroatoms. The van der Waals surface area contributed by atoms with Crippen LogP contribution in [0.15, 0.2) is 69.6 Å². The first-order valence-electron chi connectivity index (χ1n) is 9.95. The lowest BCUT2D eigenvalue weighted by atomic mass is 9.95. The summed E-state index contributed by atoms with van der Waals surface area (Å²) < 4.78 is 7.26. The van der Waals surface area contributed by atoms with Gasteiger partial charge in [0, 0.05) is 5.56 Å². The van der Waals surface area contributed by atoms with Crippen LogP contribution in [0.25, 0.3) is 6.08 Å². The molecule has 1 aliphatic rings. The van der Waals surface area contributed by atoms with Crippen molar-refractivity contribution in [1.82, 2.24) is 4.57 Å². The number of esters is 1. The Kier molecular flexibility index (Phi) is 5.61. The van der Waals surface area contributed by atoms with Crippen LogP contribution in [0.5, 0.6) is 5.75 Å². The molecular weight excluding hydrogens is 412 g/mol. The summed E-state index contributed by atoms with van der Waals surface area (Å²) in [6, 6.07) is 13.9. The lowest BCUT2D eigenvalue weighted by Gasteiger charge is -2.24. The maximum atomic E-state index is 13.4. The Morgan fingerprint density at radius 3 is 2.58 bits per heavy atom. The summed E-state index contributed by atoms with van der Waals surface area (Å²) in [5.74, 6) is -0.392. The van der Waals surface area contributed by atoms with Gasteiger partial charge in [0.1, 0.15) is 5.75 Å². The molecule has 0 bridgehead atoms. The number of carbonyl (C=O) groups is 1. The van der Waals surface area contributed by atoms with Gasteiger partial charge in [-0.2, -0.15) is 0 Å². The van der Waals surface area contributed by atoms with Crippen LogP contribution in [0.3, 0.4) is 0 Å². The molecule has 0 unspecified atom stereocenters. The highest BCUT2D eigenvalue weighted by molar-refractivity contribution is 7.07. The second kappa shape index (κ2) is 8.35. The molecule has 0 saturated heterocycles. The average molecular weight is 435 g/mol. The van der Waals surface area contributed by atoms with E-state index in [4.69, 9.17) is 4.74 Å². The van der Waals surface area contributed by atoms with E-state index in [2.05, 4.69) is 4.99 Å². The number of fused-ring (bicyclic) bond motifs is 1. The van der Waals surface area contributed by atoms with E-state index in [0.717, 1.165) is 11.1 Å². The molecule has 0 saturated carbocycles. The lowest BCUT2D eigenvalue weighted by molar-refractivity contribution is -0.139. The monoisotopic (exact) mass is 434 g/mol. The molecule has 1 atom stereocenters. The highest BCUT2D eigenvalue weighted by atomic mass is 32.1. The molecule has 1 N–H and O–H groups in total. The highest BCUT2D eigenvalue weighted by Gasteiger charge is 2.33. The fourth-order valence-corrected chi connectivity index (χ4v) is 4.64. The lowest BCUT2D eigenvalue weighted by Crippen LogP contribution is -2.39. The van der Waals surface area contributed by atoms with E-state index in [-0.39, 0.29) is 17.9 Å². The Labute approximate surface area is 183 Å². The van der Waals surface area contributed by atoms with E-state index in [0.29, 0.717) is 26.2 Å². The van der Waals surface area contributed by atoms with Crippen molar-refractivity contribution in [3.8, 4) is 5.75 Å². The van der Waals surface area contributed by atoms with Crippen LogP contribution in [0.1, 0.15) is 36.6 Å². The second-order valence-corrected chi connectivity index (χ2v) is 8.28. The third-order valence-electron chi connectivity index (χ3n) is 5.13. The van der Waals surface area contributed by atoms with Crippen molar-refractivity contribution < 1.29 is 14.6 Å². The number of aryl methyl sites for hydroxylation is 1. The zero-order valence-electron chi connectivity index (χ0n) is 17.5. The molecule has 0 fully saturated rings. The Bertz CT molecular complexity index is 1360. The van der Waals surface area contributed by atoms with Crippen molar-refractivity contribution in [2.45, 2.75) is 26.8 Å². The summed E-state index contributed by atoms with van der Waals surface area (Å²) >= 11 is 1.23. The number of carbonyl (C=O) groups excluding carboxylic acids is 1. The maximum absolute atomic E-state index is 13.4. The predicted molar refractivity (Wildman–Crippen MR) is 120 cm³/mol. The SMILES string of the molecule is CCOC(=O)C1=C(C)N=c2s/c(=C/c3ccccc3O)c(=O)n2[C@H]1c1ccc(C)cc1. The Morgan fingerprint density at radius 2 is 1.90 bits per heavy atom. The Morgan fingerprint density at radius 1 is 1.19 bits per heavy atom. The molecule has 0 amide bonds. The fraction of sp³-hybridized carbons (Fsp3) is 0.208. The van der Waals surface area contributed by atoms with E-state index < -0.39 is 12.0 Å². The summed E-state index contributed by atoms with van der Waals surface area (Å²) in [4.78, 5) is 31.3. The minimum atomic E-state index is -0.637. The van der Waals surface area contributed by atoms with Crippen LogP contribution in [-0.2, 0) is 9.53 Å². The molecule has 6 nitrogen and oxygen atoms in total. The molecule has 1 aromatic heterocycles. The Hall–Kier alpha value is -3.45. The Balaban J connectivity index is 1.97. The van der Waals surface area contributed by atoms with Gasteiger partial charge >= 0.3 is 5.97 Å². The van der Waals surface area contributed by atoms with Gasteiger partial charge in [0.05, 0.1) is 28.5 Å². The minimum absolute atomic E-state index is 0.0896. The van der Waals surface area contributed by atoms with Crippen LogP contribution >= 0.6 is 11.3 Å². The first-order chi connectivity index (χ1) is 14.9. The molecule has 0 radical (unpaired) electrons. The number of aromatic nitrogens is 1. The van der Waals surface area contributed by atoms with Gasteiger partial charge < -0.3 is 9.84 Å². The predicted octanol–water partition coefficient (Wildman–Crippen LogP) is 2.81. The van der Waals surface area contributed by atoms with Crippen molar-refractivity contribution in [3.63, 3.8) is 0 Å². The third-order valence-corrected chi connectivity index (χ3v) is 6.12. The quantitative estimate of drug-likeness (QED) is 0.641. The first-order valence-corrected chi connectivity index (χ1v) is 10.8. The number of aromatic hydroxyl groups is 1. The summed E-state index contributed by atoms with van der Waals surface area (Å²) in [7, 11) is 0. The number of allylic oxidation sites excluding steroid dienone is 1. The van der Waals surface area contributed by atoms with E-state index in [1.807, 2.05) is 31.2 Å². The van der Waals surface area contributed by atoms with E-state index in [1.54, 1.807) is 48.8 Å². The molecule has 2 aromatic carbocycles. The van der Waals surface area contributed by atoms with Gasteiger partial charge in [-0.05, 0) is 38.5 Å². The maximum Gasteiger partial charge on any atom is 0.338 e. The molecule has 158 valence electrons. The van der Waals surface area contributed by atoms with Crippen molar-refractivity contribution in [2.24, 2.45) is 4.99 Å². The van der Waals surface area contributed by atoms with Gasteiger partial charge in [0.15, 0.2) is 4.80 Å². The van der Waals surface area contributed by atoms with E-state index in [9.17, 15) is 14.7 Å². The second-order valence-electron chi connectivity index (χ2n) is 7.27. The van der Waals surface area contributed by atoms with Crippen LogP contribution in [0.4, 0.5) is 0 Å². The van der Waals surface area contributed by atoms with Gasteiger partial charge in [-0.3, -0.25) is 9.36 Å². The number of rotatable bonds is 4. The van der Waals surface area contributed by atoms with Crippen LogP contribution < -0.4 is 14.9 Å². The van der Waals surface area contributed by atoms with Crippen LogP contribution in [-0.4, -0.2) is 22.2 Å². The number of hydrogen-bond donors (Lipinski definition) is 1. The number of hydrogen-bond acceptors (Lipinski definition) is 6. The molecule has 0 aliphatic carbocycles. The molecule has 1 aliphatic heterocycles. The number of nitrogens with zero attached hydrogens (tertiary/aromatic N) is 2. The van der Waals surface area contributed by atoms with Gasteiger partial charge in [0.2, 0.25) is 0 Å². The standard InChI is InChI=1S/C24H22N2O4S/c1-4-30-23(29)20-15(3)25-24-26(21(20)16-11-9-14(2)10-12-16)22(28)19(31-24)13-17-7-5-6-8-18(17)27/h5-13,21,27H,4H2,1-3H3/b19-13+/t21-/m0/s1. The zero-order chi connectivity index (χ0) is 22.1. The number of ether oxygens (including phenoxy) is 1. The van der Waals surface area contributed by atoms with Crippen molar-refractivity contribution in [3.05, 3.63) is 96.2 Å². The highest BCUT2D eigenvalue weighted by Crippen LogP contribution is 2.30. The van der Waals surface area contributed by atoms with Crippen LogP contribution in [0.2, 0.25) is 0 Å². The van der Waals surface area contributed by atoms with Crippen molar-refractivity contribution >= 4 is 23.4 Å². The van der Waals surface area contributed by atoms with Gasteiger partial charge in [-0.1, -0.05) is 59.4 Å². The number of phenols is 1. The summed E-state index contributed by atoms with van der Waals surface area (Å²) in [5, 5.41) is 10.1. The van der Waals surface area contributed by atoms with Crippen molar-refractivity contribution in [2.75, 3.05) is 6.61 Å². The van der Waals surface area contributed by atoms with Gasteiger partial charge in [0.25, 0.3) is 5.56 Å². The van der Waals surface area contributed by atoms with Crippen LogP contribution in [0, 0.1) is 6.92 Å². The summed E-state index contributed by atoms with van der Waals surface area (Å²) in [5.41, 5.74) is 3.03. The molecule has 4 rings (SSSR count). The van der Waals surface area contributed by atoms with Crippen molar-refractivity contribution in [1.29, 1.82) is 0 Å². The van der Waals surface area contributed by atoms with Gasteiger partial charge in [-0.25, -0.2) is 9.79 Å². The van der Waals surface area contributed by atoms with E-state index in [1.165, 1.54) is 11.3 Å². The molecule has 31 heavy (non-hydrogen) atoms. The zero-order valence-corrected chi connectivity index (χ0v) is 18.3. The number of benzene rings is 2. The summed E-state index contributed by atoms with van der Waals surface area (Å²) in [6.07, 6.45) is 1.65. The third kappa shape index (κ3) is 3.84. The normalized spacial score (nSPS) is 16.1. The largest absolute Gasteiger partial charge is 0.507 e. The fourth-order valence-electron chi connectivity index (χ4n) is 3.61. The first kappa shape index (κ1) is 20.8. The molecule has 0 spiro atoms. The number of phenolic OH excluding ortho intramolecular Hbond substituents is 1. The van der Waals surface area contributed by atoms with Gasteiger partial charge in [-0.15, -0.1) is 0 Å². The molecule has 3 aromatic rings. The average Bonchev–Trinajstić information content (AvgIpc) is 3.04. The number of thiazole rings is 1. The minimum Gasteiger partial charge on any atom is -0.507 e. The van der Waals surface area contributed by atoms with E-state index >= 15 is 0 Å². The topological polar surface area (TPSA) is 80.9 Å². The summed E-state index contributed by atoms with van der Waals surface area (Å²) in [6.45, 7) is 5.71. The molecular formula is C24H22N2O4S. The smallest absolute Gasteiger partial charge is 0.338 e. The molecule has 2 heterocycles. The number of para-hydroxylation sites is 1.